The highest BCUT2D eigenvalue weighted by atomic mass is 19.1. The number of likely N-dealkylation sites (N-methyl/N-ethyl adjacent to an activating group) is 1. The second-order valence-corrected chi connectivity index (χ2v) is 5.69. The maximum Gasteiger partial charge on any atom is 0.261 e. The van der Waals surface area contributed by atoms with E-state index in [4.69, 9.17) is 0 Å². The van der Waals surface area contributed by atoms with Gasteiger partial charge >= 0.3 is 0 Å². The van der Waals surface area contributed by atoms with E-state index < -0.39 is 34.6 Å². The molecule has 130 valence electrons. The number of rotatable bonds is 3. The maximum atomic E-state index is 14.1. The number of aromatic nitrogens is 2. The number of likely N-dealkylation sites (tertiary alicyclic amines) is 1. The fourth-order valence-corrected chi connectivity index (χ4v) is 3.27. The molecular weight excluding hydrogens is 330 g/mol. The van der Waals surface area contributed by atoms with Gasteiger partial charge in [-0.05, 0) is 25.0 Å². The highest BCUT2D eigenvalue weighted by Crippen LogP contribution is 2.39. The molecule has 6 nitrogen and oxygen atoms in total. The summed E-state index contributed by atoms with van der Waals surface area (Å²) in [6.07, 6.45) is 5.01. The molecule has 0 bridgehead atoms. The molecule has 1 aliphatic rings. The van der Waals surface area contributed by atoms with Crippen molar-refractivity contribution in [1.82, 2.24) is 20.2 Å². The van der Waals surface area contributed by atoms with Crippen molar-refractivity contribution in [3.8, 4) is 0 Å². The number of halogens is 2. The number of benzene rings is 1. The van der Waals surface area contributed by atoms with Gasteiger partial charge in [0.1, 0.15) is 17.2 Å². The zero-order valence-corrected chi connectivity index (χ0v) is 13.5. The van der Waals surface area contributed by atoms with E-state index in [1.807, 2.05) is 0 Å². The number of carbonyl (C=O) groups excluding carboxylic acids is 2. The van der Waals surface area contributed by atoms with Crippen LogP contribution >= 0.6 is 0 Å². The van der Waals surface area contributed by atoms with E-state index in [-0.39, 0.29) is 18.7 Å². The second kappa shape index (κ2) is 6.54. The Morgan fingerprint density at radius 3 is 2.56 bits per heavy atom. The fourth-order valence-electron chi connectivity index (χ4n) is 3.27. The summed E-state index contributed by atoms with van der Waals surface area (Å²) in [7, 11) is 1.44. The molecule has 0 saturated carbocycles. The molecule has 2 aromatic rings. The van der Waals surface area contributed by atoms with E-state index in [9.17, 15) is 18.4 Å². The van der Waals surface area contributed by atoms with Crippen molar-refractivity contribution in [3.63, 3.8) is 0 Å². The minimum Gasteiger partial charge on any atom is -0.357 e. The van der Waals surface area contributed by atoms with Gasteiger partial charge in [0.15, 0.2) is 5.54 Å². The molecule has 0 radical (unpaired) electrons. The van der Waals surface area contributed by atoms with E-state index in [2.05, 4.69) is 15.3 Å². The van der Waals surface area contributed by atoms with Crippen LogP contribution in [0.3, 0.4) is 0 Å². The molecule has 8 heteroatoms. The molecule has 1 aliphatic heterocycles. The smallest absolute Gasteiger partial charge is 0.261 e. The first-order chi connectivity index (χ1) is 12.0. The zero-order chi connectivity index (χ0) is 18.0. The second-order valence-electron chi connectivity index (χ2n) is 5.69. The van der Waals surface area contributed by atoms with Crippen LogP contribution < -0.4 is 5.32 Å². The summed E-state index contributed by atoms with van der Waals surface area (Å²) >= 11 is 0. The number of carbonyl (C=O) groups is 2. The summed E-state index contributed by atoms with van der Waals surface area (Å²) in [5, 5.41) is 2.52. The highest BCUT2D eigenvalue weighted by molar-refractivity contribution is 6.00. The van der Waals surface area contributed by atoms with Crippen LogP contribution in [0.15, 0.2) is 36.8 Å². The predicted molar refractivity (Wildman–Crippen MR) is 84.4 cm³/mol. The van der Waals surface area contributed by atoms with Crippen LogP contribution in [0.5, 0.6) is 0 Å². The summed E-state index contributed by atoms with van der Waals surface area (Å²) < 4.78 is 28.2. The first-order valence-electron chi connectivity index (χ1n) is 7.77. The summed E-state index contributed by atoms with van der Waals surface area (Å²) in [5.74, 6) is -3.30. The number of nitrogens with zero attached hydrogens (tertiary/aromatic N) is 3. The predicted octanol–water partition coefficient (Wildman–Crippen LogP) is 1.63. The fraction of sp³-hybridized carbons (Fsp3) is 0.294. The van der Waals surface area contributed by atoms with Crippen LogP contribution in [0, 0.1) is 11.6 Å². The molecule has 1 saturated heterocycles. The van der Waals surface area contributed by atoms with E-state index in [0.29, 0.717) is 6.42 Å². The van der Waals surface area contributed by atoms with Gasteiger partial charge in [-0.25, -0.2) is 8.78 Å². The minimum atomic E-state index is -1.45. The van der Waals surface area contributed by atoms with E-state index in [0.717, 1.165) is 12.1 Å². The molecular formula is C17H16F2N4O2. The lowest BCUT2D eigenvalue weighted by atomic mass is 9.90. The Morgan fingerprint density at radius 1 is 1.24 bits per heavy atom. The van der Waals surface area contributed by atoms with E-state index >= 15 is 0 Å². The monoisotopic (exact) mass is 346 g/mol. The molecule has 1 atom stereocenters. The summed E-state index contributed by atoms with van der Waals surface area (Å²) in [4.78, 5) is 34.9. The zero-order valence-electron chi connectivity index (χ0n) is 13.5. The highest BCUT2D eigenvalue weighted by Gasteiger charge is 2.52. The van der Waals surface area contributed by atoms with Gasteiger partial charge in [0.05, 0.1) is 11.9 Å². The lowest BCUT2D eigenvalue weighted by Gasteiger charge is -2.36. The van der Waals surface area contributed by atoms with Crippen LogP contribution in [0.1, 0.15) is 28.9 Å². The quantitative estimate of drug-likeness (QED) is 0.917. The number of amides is 2. The minimum absolute atomic E-state index is 0.177. The lowest BCUT2D eigenvalue weighted by Crippen LogP contribution is -2.55. The molecule has 0 unspecified atom stereocenters. The van der Waals surface area contributed by atoms with Gasteiger partial charge in [0.2, 0.25) is 0 Å². The van der Waals surface area contributed by atoms with Crippen LogP contribution in [-0.2, 0) is 10.3 Å². The SMILES string of the molecule is CNC(=O)[C@@]1(c2cnccn2)CCCN1C(=O)c1c(F)cccc1F. The summed E-state index contributed by atoms with van der Waals surface area (Å²) in [5.41, 5.74) is -1.87. The third kappa shape index (κ3) is 2.63. The van der Waals surface area contributed by atoms with Gasteiger partial charge < -0.3 is 10.2 Å². The van der Waals surface area contributed by atoms with Gasteiger partial charge in [0.25, 0.3) is 11.8 Å². The van der Waals surface area contributed by atoms with Crippen LogP contribution in [0.2, 0.25) is 0 Å². The molecule has 0 spiro atoms. The average molecular weight is 346 g/mol. The lowest BCUT2D eigenvalue weighted by molar-refractivity contribution is -0.131. The van der Waals surface area contributed by atoms with Crippen LogP contribution in [-0.4, -0.2) is 40.3 Å². The van der Waals surface area contributed by atoms with Crippen molar-refractivity contribution in [2.24, 2.45) is 0 Å². The van der Waals surface area contributed by atoms with E-state index in [1.54, 1.807) is 0 Å². The van der Waals surface area contributed by atoms with Crippen molar-refractivity contribution in [1.29, 1.82) is 0 Å². The molecule has 1 aromatic heterocycles. The van der Waals surface area contributed by atoms with Gasteiger partial charge in [-0.2, -0.15) is 0 Å². The molecule has 3 rings (SSSR count). The molecule has 1 fully saturated rings. The van der Waals surface area contributed by atoms with Crippen molar-refractivity contribution < 1.29 is 18.4 Å². The molecule has 2 amide bonds. The molecule has 0 aliphatic carbocycles. The normalized spacial score (nSPS) is 19.7. The Labute approximate surface area is 142 Å². The summed E-state index contributed by atoms with van der Waals surface area (Å²) in [6, 6.07) is 3.20. The summed E-state index contributed by atoms with van der Waals surface area (Å²) in [6.45, 7) is 0.177. The Morgan fingerprint density at radius 2 is 1.96 bits per heavy atom. The van der Waals surface area contributed by atoms with Crippen molar-refractivity contribution >= 4 is 11.8 Å². The molecule has 2 heterocycles. The van der Waals surface area contributed by atoms with Crippen molar-refractivity contribution in [3.05, 3.63) is 59.7 Å². The van der Waals surface area contributed by atoms with Crippen LogP contribution in [0.4, 0.5) is 8.78 Å². The maximum absolute atomic E-state index is 14.1. The van der Waals surface area contributed by atoms with E-state index in [1.165, 1.54) is 36.6 Å². The van der Waals surface area contributed by atoms with Gasteiger partial charge in [-0.1, -0.05) is 6.07 Å². The number of nitrogens with one attached hydrogen (secondary N) is 1. The molecule has 1 aromatic carbocycles. The first-order valence-corrected chi connectivity index (χ1v) is 7.77. The largest absolute Gasteiger partial charge is 0.357 e. The topological polar surface area (TPSA) is 75.2 Å². The van der Waals surface area contributed by atoms with Gasteiger partial charge in [-0.3, -0.25) is 19.6 Å². The van der Waals surface area contributed by atoms with Gasteiger partial charge in [-0.15, -0.1) is 0 Å². The molecule has 1 N–H and O–H groups in total. The third-order valence-electron chi connectivity index (χ3n) is 4.39. The van der Waals surface area contributed by atoms with Crippen LogP contribution in [0.25, 0.3) is 0 Å². The average Bonchev–Trinajstić information content (AvgIpc) is 3.07. The van der Waals surface area contributed by atoms with Crippen molar-refractivity contribution in [2.45, 2.75) is 18.4 Å². The van der Waals surface area contributed by atoms with Gasteiger partial charge in [0, 0.05) is 26.0 Å². The number of hydrogen-bond acceptors (Lipinski definition) is 4. The Balaban J connectivity index is 2.14. The molecule has 25 heavy (non-hydrogen) atoms. The Bertz CT molecular complexity index is 795. The third-order valence-corrected chi connectivity index (χ3v) is 4.39. The Kier molecular flexibility index (Phi) is 4.43. The first kappa shape index (κ1) is 16.9. The number of hydrogen-bond donors (Lipinski definition) is 1. The Hall–Kier alpha value is -2.90. The van der Waals surface area contributed by atoms with Crippen molar-refractivity contribution in [2.75, 3.05) is 13.6 Å². The standard InChI is InChI=1S/C17H16F2N4O2/c1-20-16(25)17(13-10-21-7-8-22-13)6-3-9-23(17)15(24)14-11(18)4-2-5-12(14)19/h2,4-5,7-8,10H,3,6,9H2,1H3,(H,20,25)/t17-/m0/s1.